The molecule has 1 fully saturated rings. The van der Waals surface area contributed by atoms with Crippen molar-refractivity contribution in [3.05, 3.63) is 35.4 Å². The minimum absolute atomic E-state index is 0.157. The van der Waals surface area contributed by atoms with E-state index in [0.717, 1.165) is 19.3 Å². The number of nitriles is 1. The highest BCUT2D eigenvalue weighted by atomic mass is 16.5. The number of ether oxygens (including phenoxy) is 1. The van der Waals surface area contributed by atoms with E-state index >= 15 is 0 Å². The second kappa shape index (κ2) is 5.19. The van der Waals surface area contributed by atoms with Gasteiger partial charge in [0.1, 0.15) is 0 Å². The molecule has 1 saturated carbocycles. The molecule has 0 aromatic heterocycles. The summed E-state index contributed by atoms with van der Waals surface area (Å²) >= 11 is 0. The summed E-state index contributed by atoms with van der Waals surface area (Å²) in [5.74, 6) is -0.157. The van der Waals surface area contributed by atoms with Crippen LogP contribution in [0.5, 0.6) is 0 Å². The van der Waals surface area contributed by atoms with Gasteiger partial charge < -0.3 is 10.1 Å². The predicted molar refractivity (Wildman–Crippen MR) is 67.1 cm³/mol. The summed E-state index contributed by atoms with van der Waals surface area (Å²) in [6, 6.07) is 8.71. The maximum atomic E-state index is 11.9. The van der Waals surface area contributed by atoms with Crippen molar-refractivity contribution in [2.24, 2.45) is 0 Å². The highest BCUT2D eigenvalue weighted by molar-refractivity contribution is 5.94. The van der Waals surface area contributed by atoms with Crippen LogP contribution in [0.1, 0.15) is 35.2 Å². The normalized spacial score (nSPS) is 16.4. The lowest BCUT2D eigenvalue weighted by molar-refractivity contribution is -0.0679. The third-order valence-corrected chi connectivity index (χ3v) is 3.52. The lowest BCUT2D eigenvalue weighted by Crippen LogP contribution is -2.49. The zero-order valence-electron chi connectivity index (χ0n) is 10.4. The third-order valence-electron chi connectivity index (χ3n) is 3.52. The quantitative estimate of drug-likeness (QED) is 0.879. The Morgan fingerprint density at radius 2 is 2.33 bits per heavy atom. The Bertz CT molecular complexity index is 481. The van der Waals surface area contributed by atoms with Gasteiger partial charge in [0.2, 0.25) is 0 Å². The number of carbonyl (C=O) groups excluding carboxylic acids is 1. The highest BCUT2D eigenvalue weighted by Gasteiger charge is 2.37. The van der Waals surface area contributed by atoms with Gasteiger partial charge in [-0.3, -0.25) is 4.79 Å². The molecule has 0 heterocycles. The van der Waals surface area contributed by atoms with Crippen LogP contribution in [0, 0.1) is 11.3 Å². The standard InChI is InChI=1S/C14H16N2O2/c1-18-14(6-3-7-14)10-16-13(17)12-5-2-4-11(8-12)9-15/h2,4-5,8H,3,6-7,10H2,1H3,(H,16,17). The van der Waals surface area contributed by atoms with E-state index in [0.29, 0.717) is 17.7 Å². The minimum Gasteiger partial charge on any atom is -0.376 e. The van der Waals surface area contributed by atoms with Crippen molar-refractivity contribution >= 4 is 5.91 Å². The van der Waals surface area contributed by atoms with Crippen LogP contribution < -0.4 is 5.32 Å². The van der Waals surface area contributed by atoms with Crippen molar-refractivity contribution in [3.8, 4) is 6.07 Å². The predicted octanol–water partition coefficient (Wildman–Crippen LogP) is 1.86. The zero-order chi connectivity index (χ0) is 13.0. The van der Waals surface area contributed by atoms with Gasteiger partial charge in [-0.05, 0) is 37.5 Å². The first-order valence-electron chi connectivity index (χ1n) is 6.03. The number of hydrogen-bond donors (Lipinski definition) is 1. The van der Waals surface area contributed by atoms with Crippen LogP contribution in [0.3, 0.4) is 0 Å². The topological polar surface area (TPSA) is 62.1 Å². The van der Waals surface area contributed by atoms with Crippen molar-refractivity contribution in [1.29, 1.82) is 5.26 Å². The molecule has 0 atom stereocenters. The minimum atomic E-state index is -0.178. The Labute approximate surface area is 107 Å². The molecule has 0 bridgehead atoms. The number of methoxy groups -OCH3 is 1. The second-order valence-corrected chi connectivity index (χ2v) is 4.62. The Morgan fingerprint density at radius 1 is 1.56 bits per heavy atom. The van der Waals surface area contributed by atoms with Gasteiger partial charge in [-0.25, -0.2) is 0 Å². The summed E-state index contributed by atoms with van der Waals surface area (Å²) in [4.78, 5) is 11.9. The van der Waals surface area contributed by atoms with Gasteiger partial charge in [0.25, 0.3) is 5.91 Å². The van der Waals surface area contributed by atoms with Crippen LogP contribution in [-0.2, 0) is 4.74 Å². The van der Waals surface area contributed by atoms with Crippen molar-refractivity contribution in [2.75, 3.05) is 13.7 Å². The van der Waals surface area contributed by atoms with E-state index in [1.54, 1.807) is 31.4 Å². The molecule has 0 saturated heterocycles. The Morgan fingerprint density at radius 3 is 2.89 bits per heavy atom. The molecule has 1 aromatic carbocycles. The molecule has 94 valence electrons. The molecule has 1 aromatic rings. The molecule has 1 amide bonds. The zero-order valence-corrected chi connectivity index (χ0v) is 10.4. The number of nitrogens with zero attached hydrogens (tertiary/aromatic N) is 1. The van der Waals surface area contributed by atoms with E-state index in [4.69, 9.17) is 10.00 Å². The monoisotopic (exact) mass is 244 g/mol. The van der Waals surface area contributed by atoms with Gasteiger partial charge in [-0.15, -0.1) is 0 Å². The van der Waals surface area contributed by atoms with Gasteiger partial charge >= 0.3 is 0 Å². The summed E-state index contributed by atoms with van der Waals surface area (Å²) in [5, 5.41) is 11.7. The summed E-state index contributed by atoms with van der Waals surface area (Å²) in [5.41, 5.74) is 0.829. The van der Waals surface area contributed by atoms with Crippen LogP contribution in [0.15, 0.2) is 24.3 Å². The number of benzene rings is 1. The van der Waals surface area contributed by atoms with Crippen LogP contribution in [0.2, 0.25) is 0 Å². The largest absolute Gasteiger partial charge is 0.376 e. The number of amides is 1. The lowest BCUT2D eigenvalue weighted by atomic mass is 9.80. The number of hydrogen-bond acceptors (Lipinski definition) is 3. The first-order chi connectivity index (χ1) is 8.69. The molecule has 0 spiro atoms. The second-order valence-electron chi connectivity index (χ2n) is 4.62. The summed E-state index contributed by atoms with van der Waals surface area (Å²) in [6.07, 6.45) is 3.12. The molecular weight excluding hydrogens is 228 g/mol. The smallest absolute Gasteiger partial charge is 0.251 e. The molecule has 0 radical (unpaired) electrons. The van der Waals surface area contributed by atoms with Crippen molar-refractivity contribution in [3.63, 3.8) is 0 Å². The maximum absolute atomic E-state index is 11.9. The maximum Gasteiger partial charge on any atom is 0.251 e. The fraction of sp³-hybridized carbons (Fsp3) is 0.429. The first-order valence-corrected chi connectivity index (χ1v) is 6.03. The average molecular weight is 244 g/mol. The van der Waals surface area contributed by atoms with E-state index in [2.05, 4.69) is 5.32 Å². The van der Waals surface area contributed by atoms with E-state index in [1.807, 2.05) is 6.07 Å². The third kappa shape index (κ3) is 2.52. The Hall–Kier alpha value is -1.86. The van der Waals surface area contributed by atoms with Crippen molar-refractivity contribution in [2.45, 2.75) is 24.9 Å². The van der Waals surface area contributed by atoms with Crippen molar-refractivity contribution in [1.82, 2.24) is 5.32 Å². The van der Waals surface area contributed by atoms with Crippen LogP contribution >= 0.6 is 0 Å². The fourth-order valence-corrected chi connectivity index (χ4v) is 2.10. The molecule has 0 aliphatic heterocycles. The summed E-state index contributed by atoms with van der Waals surface area (Å²) in [6.45, 7) is 0.527. The first kappa shape index (κ1) is 12.6. The van der Waals surface area contributed by atoms with Crippen LogP contribution in [-0.4, -0.2) is 25.2 Å². The molecule has 0 unspecified atom stereocenters. The van der Waals surface area contributed by atoms with Crippen LogP contribution in [0.4, 0.5) is 0 Å². The van der Waals surface area contributed by atoms with E-state index in [-0.39, 0.29) is 11.5 Å². The summed E-state index contributed by atoms with van der Waals surface area (Å²) < 4.78 is 5.44. The molecule has 18 heavy (non-hydrogen) atoms. The molecule has 1 N–H and O–H groups in total. The highest BCUT2D eigenvalue weighted by Crippen LogP contribution is 2.34. The SMILES string of the molecule is COC1(CNC(=O)c2cccc(C#N)c2)CCC1. The molecular formula is C14H16N2O2. The number of carbonyl (C=O) groups is 1. The van der Waals surface area contributed by atoms with E-state index < -0.39 is 0 Å². The molecule has 2 rings (SSSR count). The van der Waals surface area contributed by atoms with Gasteiger partial charge in [0, 0.05) is 19.2 Å². The van der Waals surface area contributed by atoms with E-state index in [9.17, 15) is 4.79 Å². The Balaban J connectivity index is 1.97. The average Bonchev–Trinajstić information content (AvgIpc) is 2.38. The van der Waals surface area contributed by atoms with Gasteiger partial charge in [-0.1, -0.05) is 6.07 Å². The van der Waals surface area contributed by atoms with Gasteiger partial charge in [0.05, 0.1) is 17.2 Å². The van der Waals surface area contributed by atoms with Crippen molar-refractivity contribution < 1.29 is 9.53 Å². The van der Waals surface area contributed by atoms with Gasteiger partial charge in [0.15, 0.2) is 0 Å². The number of rotatable bonds is 4. The molecule has 4 nitrogen and oxygen atoms in total. The summed E-state index contributed by atoms with van der Waals surface area (Å²) in [7, 11) is 1.68. The van der Waals surface area contributed by atoms with Gasteiger partial charge in [-0.2, -0.15) is 5.26 Å². The number of nitrogens with one attached hydrogen (secondary N) is 1. The van der Waals surface area contributed by atoms with E-state index in [1.165, 1.54) is 0 Å². The lowest BCUT2D eigenvalue weighted by Gasteiger charge is -2.40. The molecule has 4 heteroatoms. The van der Waals surface area contributed by atoms with Crippen LogP contribution in [0.25, 0.3) is 0 Å². The fourth-order valence-electron chi connectivity index (χ4n) is 2.10. The molecule has 1 aliphatic rings. The molecule has 1 aliphatic carbocycles. The Kier molecular flexibility index (Phi) is 3.63.